The van der Waals surface area contributed by atoms with E-state index in [2.05, 4.69) is 5.32 Å². The van der Waals surface area contributed by atoms with E-state index in [4.69, 9.17) is 0 Å². The Morgan fingerprint density at radius 2 is 2.06 bits per heavy atom. The predicted octanol–water partition coefficient (Wildman–Crippen LogP) is 1.21. The van der Waals surface area contributed by atoms with Crippen molar-refractivity contribution in [2.45, 2.75) is 11.8 Å². The van der Waals surface area contributed by atoms with Gasteiger partial charge in [-0.05, 0) is 12.1 Å². The third-order valence-electron chi connectivity index (χ3n) is 1.76. The van der Waals surface area contributed by atoms with Crippen LogP contribution < -0.4 is 5.32 Å². The number of rotatable bonds is 3. The largest absolute Gasteiger partial charge is 0.332 e. The molecule has 0 saturated heterocycles. The summed E-state index contributed by atoms with van der Waals surface area (Å²) in [6.45, 7) is 1.13. The number of hydrogen-bond acceptors (Lipinski definition) is 5. The second-order valence-electron chi connectivity index (χ2n) is 3.06. The van der Waals surface area contributed by atoms with Crippen molar-refractivity contribution < 1.29 is 22.0 Å². The maximum absolute atomic E-state index is 12.6. The van der Waals surface area contributed by atoms with Gasteiger partial charge in [-0.3, -0.25) is 14.9 Å². The van der Waals surface area contributed by atoms with Crippen molar-refractivity contribution in [1.82, 2.24) is 0 Å². The second kappa shape index (κ2) is 4.45. The van der Waals surface area contributed by atoms with Gasteiger partial charge in [0.25, 0.3) is 5.69 Å². The van der Waals surface area contributed by atoms with Crippen LogP contribution in [-0.4, -0.2) is 19.2 Å². The van der Waals surface area contributed by atoms with Crippen molar-refractivity contribution in [1.29, 1.82) is 0 Å². The number of benzene rings is 1. The van der Waals surface area contributed by atoms with Gasteiger partial charge >= 0.3 is 10.2 Å². The van der Waals surface area contributed by atoms with E-state index in [1.807, 2.05) is 0 Å². The highest BCUT2D eigenvalue weighted by molar-refractivity contribution is 7.86. The number of carbonyl (C=O) groups excluding carboxylic acids is 1. The fourth-order valence-electron chi connectivity index (χ4n) is 1.11. The Kier molecular flexibility index (Phi) is 3.42. The van der Waals surface area contributed by atoms with Crippen LogP contribution in [0.2, 0.25) is 0 Å². The van der Waals surface area contributed by atoms with Gasteiger partial charge in [0, 0.05) is 13.0 Å². The summed E-state index contributed by atoms with van der Waals surface area (Å²) in [6, 6.07) is 2.32. The standard InChI is InChI=1S/C8H7FN2O5S/c1-5(12)10-7-3-2-6(17(9,15)16)4-8(7)11(13)14/h2-4H,1H3,(H,10,12). The van der Waals surface area contributed by atoms with Crippen LogP contribution in [0.5, 0.6) is 0 Å². The summed E-state index contributed by atoms with van der Waals surface area (Å²) in [6.07, 6.45) is 0. The molecule has 0 unspecified atom stereocenters. The molecule has 0 bridgehead atoms. The number of halogens is 1. The van der Waals surface area contributed by atoms with Crippen molar-refractivity contribution in [3.8, 4) is 0 Å². The molecule has 0 aliphatic rings. The number of carbonyl (C=O) groups is 1. The normalized spacial score (nSPS) is 10.9. The van der Waals surface area contributed by atoms with Gasteiger partial charge in [0.2, 0.25) is 5.91 Å². The van der Waals surface area contributed by atoms with E-state index >= 15 is 0 Å². The minimum Gasteiger partial charge on any atom is -0.321 e. The van der Waals surface area contributed by atoms with E-state index in [1.165, 1.54) is 0 Å². The van der Waals surface area contributed by atoms with E-state index in [0.717, 1.165) is 19.1 Å². The highest BCUT2D eigenvalue weighted by Gasteiger charge is 2.21. The van der Waals surface area contributed by atoms with E-state index in [9.17, 15) is 27.2 Å². The summed E-state index contributed by atoms with van der Waals surface area (Å²) in [5.41, 5.74) is -0.895. The van der Waals surface area contributed by atoms with E-state index in [0.29, 0.717) is 6.07 Å². The lowest BCUT2D eigenvalue weighted by molar-refractivity contribution is -0.384. The van der Waals surface area contributed by atoms with Crippen LogP contribution >= 0.6 is 0 Å². The number of nitro benzene ring substituents is 1. The zero-order chi connectivity index (χ0) is 13.2. The summed E-state index contributed by atoms with van der Waals surface area (Å²) >= 11 is 0. The van der Waals surface area contributed by atoms with Crippen molar-refractivity contribution >= 4 is 27.5 Å². The number of nitrogens with zero attached hydrogens (tertiary/aromatic N) is 1. The first-order chi connectivity index (χ1) is 7.71. The molecule has 0 aliphatic carbocycles. The van der Waals surface area contributed by atoms with Gasteiger partial charge in [-0.25, -0.2) is 0 Å². The molecule has 0 spiro atoms. The van der Waals surface area contributed by atoms with Crippen molar-refractivity contribution in [2.75, 3.05) is 5.32 Å². The Bertz CT molecular complexity index is 584. The van der Waals surface area contributed by atoms with Gasteiger partial charge in [0.1, 0.15) is 10.6 Å². The molecule has 0 heterocycles. The van der Waals surface area contributed by atoms with Crippen molar-refractivity contribution in [3.63, 3.8) is 0 Å². The first-order valence-corrected chi connectivity index (χ1v) is 5.61. The lowest BCUT2D eigenvalue weighted by atomic mass is 10.2. The van der Waals surface area contributed by atoms with Gasteiger partial charge in [0.05, 0.1) is 4.92 Å². The minimum atomic E-state index is -5.02. The van der Waals surface area contributed by atoms with E-state index < -0.39 is 31.6 Å². The number of nitro groups is 1. The molecular formula is C8H7FN2O5S. The van der Waals surface area contributed by atoms with Crippen LogP contribution in [-0.2, 0) is 15.0 Å². The topological polar surface area (TPSA) is 106 Å². The van der Waals surface area contributed by atoms with E-state index in [1.54, 1.807) is 0 Å². The van der Waals surface area contributed by atoms with Gasteiger partial charge in [-0.15, -0.1) is 3.89 Å². The van der Waals surface area contributed by atoms with Gasteiger partial charge in [0.15, 0.2) is 0 Å². The lowest BCUT2D eigenvalue weighted by Crippen LogP contribution is -2.08. The number of hydrogen-bond donors (Lipinski definition) is 1. The monoisotopic (exact) mass is 262 g/mol. The number of nitrogens with one attached hydrogen (secondary N) is 1. The third-order valence-corrected chi connectivity index (χ3v) is 2.58. The maximum atomic E-state index is 12.6. The lowest BCUT2D eigenvalue weighted by Gasteiger charge is -2.04. The summed E-state index contributed by atoms with van der Waals surface area (Å²) in [4.78, 5) is 19.6. The molecule has 0 atom stereocenters. The van der Waals surface area contributed by atoms with Crippen molar-refractivity contribution in [2.24, 2.45) is 0 Å². The molecule has 0 aromatic heterocycles. The molecule has 1 aromatic rings. The first kappa shape index (κ1) is 13.0. The highest BCUT2D eigenvalue weighted by atomic mass is 32.3. The van der Waals surface area contributed by atoms with Crippen LogP contribution in [0.15, 0.2) is 23.1 Å². The summed E-state index contributed by atoms with van der Waals surface area (Å²) in [5.74, 6) is -0.566. The maximum Gasteiger partial charge on any atom is 0.332 e. The minimum absolute atomic E-state index is 0.199. The zero-order valence-electron chi connectivity index (χ0n) is 8.51. The molecule has 0 aliphatic heterocycles. The average Bonchev–Trinajstić information content (AvgIpc) is 2.15. The third kappa shape index (κ3) is 3.21. The average molecular weight is 262 g/mol. The molecular weight excluding hydrogens is 255 g/mol. The molecule has 0 radical (unpaired) electrons. The molecule has 92 valence electrons. The predicted molar refractivity (Wildman–Crippen MR) is 55.7 cm³/mol. The number of anilines is 1. The summed E-state index contributed by atoms with van der Waals surface area (Å²) in [7, 11) is -5.02. The molecule has 9 heteroatoms. The molecule has 1 rings (SSSR count). The molecule has 1 aromatic carbocycles. The highest BCUT2D eigenvalue weighted by Crippen LogP contribution is 2.28. The van der Waals surface area contributed by atoms with Gasteiger partial charge < -0.3 is 5.32 Å². The summed E-state index contributed by atoms with van der Waals surface area (Å²) in [5, 5.41) is 12.8. The van der Waals surface area contributed by atoms with Crippen LogP contribution in [0.4, 0.5) is 15.3 Å². The van der Waals surface area contributed by atoms with Crippen molar-refractivity contribution in [3.05, 3.63) is 28.3 Å². The van der Waals surface area contributed by atoms with Crippen LogP contribution in [0.3, 0.4) is 0 Å². The second-order valence-corrected chi connectivity index (χ2v) is 4.40. The fourth-order valence-corrected chi connectivity index (χ4v) is 1.59. The van der Waals surface area contributed by atoms with E-state index in [-0.39, 0.29) is 5.69 Å². The fraction of sp³-hybridized carbons (Fsp3) is 0.125. The first-order valence-electron chi connectivity index (χ1n) is 4.22. The van der Waals surface area contributed by atoms with Gasteiger partial charge in [-0.1, -0.05) is 0 Å². The Morgan fingerprint density at radius 1 is 1.47 bits per heavy atom. The zero-order valence-corrected chi connectivity index (χ0v) is 9.32. The Hall–Kier alpha value is -2.03. The quantitative estimate of drug-likeness (QED) is 0.500. The molecule has 17 heavy (non-hydrogen) atoms. The molecule has 0 fully saturated rings. The summed E-state index contributed by atoms with van der Waals surface area (Å²) < 4.78 is 33.8. The molecule has 1 N–H and O–H groups in total. The smallest absolute Gasteiger partial charge is 0.321 e. The SMILES string of the molecule is CC(=O)Nc1ccc(S(=O)(=O)F)cc1[N+](=O)[O-]. The molecule has 1 amide bonds. The Balaban J connectivity index is 3.37. The number of amides is 1. The van der Waals surface area contributed by atoms with Crippen LogP contribution in [0.25, 0.3) is 0 Å². The van der Waals surface area contributed by atoms with Crippen LogP contribution in [0.1, 0.15) is 6.92 Å². The molecule has 0 saturated carbocycles. The molecule has 7 nitrogen and oxygen atoms in total. The van der Waals surface area contributed by atoms with Gasteiger partial charge in [-0.2, -0.15) is 8.42 Å². The Morgan fingerprint density at radius 3 is 2.47 bits per heavy atom. The Labute approximate surface area is 95.6 Å². The van der Waals surface area contributed by atoms with Crippen LogP contribution in [0, 0.1) is 10.1 Å².